The van der Waals surface area contributed by atoms with Crippen LogP contribution in [0.1, 0.15) is 17.9 Å². The molecule has 2 N–H and O–H groups in total. The maximum Gasteiger partial charge on any atom is 0.242 e. The van der Waals surface area contributed by atoms with Gasteiger partial charge in [0.1, 0.15) is 4.90 Å². The van der Waals surface area contributed by atoms with Crippen molar-refractivity contribution in [3.05, 3.63) is 60.2 Å². The van der Waals surface area contributed by atoms with E-state index in [2.05, 4.69) is 22.2 Å². The van der Waals surface area contributed by atoms with Gasteiger partial charge in [-0.15, -0.1) is 0 Å². The van der Waals surface area contributed by atoms with E-state index in [4.69, 9.17) is 0 Å². The molecule has 1 saturated carbocycles. The van der Waals surface area contributed by atoms with Crippen molar-refractivity contribution in [2.75, 3.05) is 12.4 Å². The van der Waals surface area contributed by atoms with Crippen LogP contribution in [0.5, 0.6) is 0 Å². The first-order chi connectivity index (χ1) is 10.1. The molecule has 1 fully saturated rings. The molecule has 21 heavy (non-hydrogen) atoms. The largest absolute Gasteiger partial charge is 0.381 e. The standard InChI is InChI=1S/C16H18N2O2S/c1-17-21(19,20)16-10-6-5-9-14(16)18-15-11-13(15)12-7-3-2-4-8-12/h2-10,13,15,17-18H,11H2,1H3. The van der Waals surface area contributed by atoms with Crippen molar-refractivity contribution in [1.29, 1.82) is 0 Å². The first-order valence-corrected chi connectivity index (χ1v) is 8.44. The van der Waals surface area contributed by atoms with E-state index in [0.717, 1.165) is 6.42 Å². The summed E-state index contributed by atoms with van der Waals surface area (Å²) >= 11 is 0. The van der Waals surface area contributed by atoms with Gasteiger partial charge in [0.2, 0.25) is 10.0 Å². The van der Waals surface area contributed by atoms with Gasteiger partial charge in [0.25, 0.3) is 0 Å². The van der Waals surface area contributed by atoms with Gasteiger partial charge in [0.05, 0.1) is 5.69 Å². The highest BCUT2D eigenvalue weighted by molar-refractivity contribution is 7.89. The molecule has 0 aromatic heterocycles. The van der Waals surface area contributed by atoms with E-state index in [0.29, 0.717) is 22.5 Å². The number of hydrogen-bond acceptors (Lipinski definition) is 3. The van der Waals surface area contributed by atoms with Gasteiger partial charge in [0.15, 0.2) is 0 Å². The predicted molar refractivity (Wildman–Crippen MR) is 83.9 cm³/mol. The minimum absolute atomic E-state index is 0.292. The number of anilines is 1. The van der Waals surface area contributed by atoms with Crippen LogP contribution in [0.4, 0.5) is 5.69 Å². The van der Waals surface area contributed by atoms with E-state index in [9.17, 15) is 8.42 Å². The second-order valence-corrected chi connectivity index (χ2v) is 7.06. The Morgan fingerprint density at radius 2 is 1.67 bits per heavy atom. The highest BCUT2D eigenvalue weighted by atomic mass is 32.2. The fourth-order valence-electron chi connectivity index (χ4n) is 2.55. The molecule has 2 aromatic rings. The van der Waals surface area contributed by atoms with Gasteiger partial charge in [-0.2, -0.15) is 0 Å². The lowest BCUT2D eigenvalue weighted by Crippen LogP contribution is -2.20. The first kappa shape index (κ1) is 14.1. The monoisotopic (exact) mass is 302 g/mol. The van der Waals surface area contributed by atoms with Crippen LogP contribution in [0.15, 0.2) is 59.5 Å². The lowest BCUT2D eigenvalue weighted by molar-refractivity contribution is 0.588. The smallest absolute Gasteiger partial charge is 0.242 e. The van der Waals surface area contributed by atoms with Crippen LogP contribution < -0.4 is 10.0 Å². The highest BCUT2D eigenvalue weighted by Gasteiger charge is 2.38. The molecule has 110 valence electrons. The van der Waals surface area contributed by atoms with Crippen LogP contribution >= 0.6 is 0 Å². The molecule has 2 unspecified atom stereocenters. The van der Waals surface area contributed by atoms with Crippen LogP contribution in [0, 0.1) is 0 Å². The lowest BCUT2D eigenvalue weighted by Gasteiger charge is -2.12. The van der Waals surface area contributed by atoms with Crippen molar-refractivity contribution in [3.63, 3.8) is 0 Å². The zero-order chi connectivity index (χ0) is 14.9. The van der Waals surface area contributed by atoms with E-state index in [1.807, 2.05) is 30.3 Å². The van der Waals surface area contributed by atoms with E-state index < -0.39 is 10.0 Å². The number of hydrogen-bond donors (Lipinski definition) is 2. The van der Waals surface area contributed by atoms with Gasteiger partial charge in [-0.3, -0.25) is 0 Å². The fourth-order valence-corrected chi connectivity index (χ4v) is 3.45. The summed E-state index contributed by atoms with van der Waals surface area (Å²) in [6, 6.07) is 17.6. The Morgan fingerprint density at radius 1 is 1.00 bits per heavy atom. The molecule has 2 aromatic carbocycles. The van der Waals surface area contributed by atoms with Crippen molar-refractivity contribution < 1.29 is 8.42 Å². The fraction of sp³-hybridized carbons (Fsp3) is 0.250. The Bertz CT molecular complexity index is 729. The van der Waals surface area contributed by atoms with Crippen molar-refractivity contribution in [2.24, 2.45) is 0 Å². The number of para-hydroxylation sites is 1. The normalized spacial score (nSPS) is 21.0. The third-order valence-corrected chi connectivity index (χ3v) is 5.28. The van der Waals surface area contributed by atoms with Gasteiger partial charge in [-0.1, -0.05) is 42.5 Å². The van der Waals surface area contributed by atoms with E-state index in [1.54, 1.807) is 12.1 Å². The Balaban J connectivity index is 1.79. The SMILES string of the molecule is CNS(=O)(=O)c1ccccc1NC1CC1c1ccccc1. The van der Waals surface area contributed by atoms with E-state index in [-0.39, 0.29) is 0 Å². The molecule has 0 radical (unpaired) electrons. The molecule has 4 nitrogen and oxygen atoms in total. The summed E-state index contributed by atoms with van der Waals surface area (Å²) in [5.74, 6) is 0.455. The van der Waals surface area contributed by atoms with Gasteiger partial charge < -0.3 is 5.32 Å². The number of nitrogens with one attached hydrogen (secondary N) is 2. The molecule has 0 spiro atoms. The minimum atomic E-state index is -3.44. The summed E-state index contributed by atoms with van der Waals surface area (Å²) in [7, 11) is -2.01. The maximum atomic E-state index is 12.0. The molecule has 1 aliphatic carbocycles. The summed E-state index contributed by atoms with van der Waals surface area (Å²) in [6.45, 7) is 0. The molecule has 2 atom stereocenters. The molecule has 0 amide bonds. The molecule has 3 rings (SSSR count). The number of sulfonamides is 1. The van der Waals surface area contributed by atoms with Crippen LogP contribution in [-0.2, 0) is 10.0 Å². The summed E-state index contributed by atoms with van der Waals surface area (Å²) in [5.41, 5.74) is 1.96. The van der Waals surface area contributed by atoms with Crippen LogP contribution in [0.3, 0.4) is 0 Å². The molecule has 0 saturated heterocycles. The third-order valence-electron chi connectivity index (χ3n) is 3.80. The van der Waals surface area contributed by atoms with Gasteiger partial charge in [0, 0.05) is 12.0 Å². The molecule has 0 bridgehead atoms. The molecule has 0 heterocycles. The molecular weight excluding hydrogens is 284 g/mol. The third kappa shape index (κ3) is 2.94. The Hall–Kier alpha value is -1.85. The van der Waals surface area contributed by atoms with Crippen LogP contribution in [0.25, 0.3) is 0 Å². The first-order valence-electron chi connectivity index (χ1n) is 6.96. The van der Waals surface area contributed by atoms with Gasteiger partial charge >= 0.3 is 0 Å². The maximum absolute atomic E-state index is 12.0. The average molecular weight is 302 g/mol. The van der Waals surface area contributed by atoms with E-state index >= 15 is 0 Å². The number of benzene rings is 2. The summed E-state index contributed by atoms with van der Waals surface area (Å²) < 4.78 is 26.4. The second kappa shape index (κ2) is 5.50. The zero-order valence-corrected chi connectivity index (χ0v) is 12.6. The Kier molecular flexibility index (Phi) is 3.69. The number of rotatable bonds is 5. The molecule has 1 aliphatic rings. The van der Waals surface area contributed by atoms with E-state index in [1.165, 1.54) is 12.6 Å². The van der Waals surface area contributed by atoms with Crippen molar-refractivity contribution in [3.8, 4) is 0 Å². The molecule has 5 heteroatoms. The van der Waals surface area contributed by atoms with Crippen LogP contribution in [0.2, 0.25) is 0 Å². The minimum Gasteiger partial charge on any atom is -0.381 e. The van der Waals surface area contributed by atoms with Gasteiger partial charge in [-0.25, -0.2) is 13.1 Å². The predicted octanol–water partition coefficient (Wildman–Crippen LogP) is 2.56. The molecule has 0 aliphatic heterocycles. The molecular formula is C16H18N2O2S. The highest BCUT2D eigenvalue weighted by Crippen LogP contribution is 2.43. The second-order valence-electron chi connectivity index (χ2n) is 5.21. The van der Waals surface area contributed by atoms with Crippen LogP contribution in [-0.4, -0.2) is 21.5 Å². The topological polar surface area (TPSA) is 58.2 Å². The van der Waals surface area contributed by atoms with Crippen molar-refractivity contribution in [1.82, 2.24) is 4.72 Å². The summed E-state index contributed by atoms with van der Waals surface area (Å²) in [4.78, 5) is 0.297. The quantitative estimate of drug-likeness (QED) is 0.892. The van der Waals surface area contributed by atoms with Crippen molar-refractivity contribution >= 4 is 15.7 Å². The van der Waals surface area contributed by atoms with Crippen molar-refractivity contribution in [2.45, 2.75) is 23.3 Å². The summed E-state index contributed by atoms with van der Waals surface area (Å²) in [6.07, 6.45) is 1.03. The van der Waals surface area contributed by atoms with Gasteiger partial charge in [-0.05, 0) is 31.2 Å². The zero-order valence-electron chi connectivity index (χ0n) is 11.8. The summed E-state index contributed by atoms with van der Waals surface area (Å²) in [5, 5.41) is 3.35. The lowest BCUT2D eigenvalue weighted by atomic mass is 10.1. The Labute approximate surface area is 125 Å². The Morgan fingerprint density at radius 3 is 2.38 bits per heavy atom. The average Bonchev–Trinajstić information content (AvgIpc) is 3.28.